The molecule has 2 aromatic heterocycles. The summed E-state index contributed by atoms with van der Waals surface area (Å²) in [4.78, 5) is 47.0. The summed E-state index contributed by atoms with van der Waals surface area (Å²) >= 11 is 0. The molecule has 4 aromatic rings. The predicted octanol–water partition coefficient (Wildman–Crippen LogP) is 4.75. The van der Waals surface area contributed by atoms with Gasteiger partial charge in [0.2, 0.25) is 11.8 Å². The number of aromatic amines is 2. The molecule has 8 nitrogen and oxygen atoms in total. The Morgan fingerprint density at radius 3 is 2.60 bits per heavy atom. The van der Waals surface area contributed by atoms with E-state index in [2.05, 4.69) is 42.0 Å². The van der Waals surface area contributed by atoms with Gasteiger partial charge in [0.05, 0.1) is 17.6 Å². The van der Waals surface area contributed by atoms with Crippen LogP contribution in [0.1, 0.15) is 62.6 Å². The maximum atomic E-state index is 13.9. The fourth-order valence-corrected chi connectivity index (χ4v) is 6.49. The molecule has 1 atom stereocenters. The zero-order valence-electron chi connectivity index (χ0n) is 23.5. The molecular formula is C32H37N5O3. The van der Waals surface area contributed by atoms with E-state index in [1.807, 2.05) is 52.4 Å². The van der Waals surface area contributed by atoms with Gasteiger partial charge in [0.25, 0.3) is 5.56 Å². The number of carbonyl (C=O) groups is 2. The van der Waals surface area contributed by atoms with Crippen LogP contribution >= 0.6 is 0 Å². The van der Waals surface area contributed by atoms with Gasteiger partial charge in [-0.2, -0.15) is 5.10 Å². The number of benzene rings is 2. The standard InChI is InChI=1S/C32H37N5O3/c1-32(2,3)19-37-18-26-21(8-9-28-25(26)17-33-35-28)14-23(31(37)40)16-29(38)36-12-10-20(11-13-36)24-15-22-6-4-5-7-27(22)34-30(24)39/h4-9,15,17,20,23H,10-14,16,18-19H2,1-3H3,(H,33,35)(H,34,39)/t23-/m0/s1. The average molecular weight is 540 g/mol. The first-order valence-corrected chi connectivity index (χ1v) is 14.3. The van der Waals surface area contributed by atoms with Gasteiger partial charge in [0, 0.05) is 49.1 Å². The Kier molecular flexibility index (Phi) is 6.72. The highest BCUT2D eigenvalue weighted by atomic mass is 16.2. The van der Waals surface area contributed by atoms with Crippen LogP contribution in [0, 0.1) is 11.3 Å². The molecule has 2 aliphatic rings. The molecule has 0 aliphatic carbocycles. The number of H-pyrrole nitrogens is 2. The van der Waals surface area contributed by atoms with Crippen LogP contribution in [0.4, 0.5) is 0 Å². The van der Waals surface area contributed by atoms with E-state index in [4.69, 9.17) is 0 Å². The molecule has 2 amide bonds. The topological polar surface area (TPSA) is 102 Å². The molecule has 1 fully saturated rings. The summed E-state index contributed by atoms with van der Waals surface area (Å²) in [6, 6.07) is 13.9. The highest BCUT2D eigenvalue weighted by molar-refractivity contribution is 5.89. The molecule has 40 heavy (non-hydrogen) atoms. The van der Waals surface area contributed by atoms with Gasteiger partial charge >= 0.3 is 0 Å². The van der Waals surface area contributed by atoms with Gasteiger partial charge in [-0.1, -0.05) is 45.0 Å². The average Bonchev–Trinajstić information content (AvgIpc) is 3.37. The molecule has 2 aliphatic heterocycles. The first kappa shape index (κ1) is 26.3. The van der Waals surface area contributed by atoms with Crippen molar-refractivity contribution < 1.29 is 9.59 Å². The number of likely N-dealkylation sites (tertiary alicyclic amines) is 1. The van der Waals surface area contributed by atoms with Gasteiger partial charge in [-0.25, -0.2) is 0 Å². The highest BCUT2D eigenvalue weighted by Crippen LogP contribution is 2.33. The lowest BCUT2D eigenvalue weighted by atomic mass is 9.88. The van der Waals surface area contributed by atoms with E-state index < -0.39 is 5.92 Å². The Labute approximate surface area is 233 Å². The Bertz CT molecular complexity index is 1640. The molecule has 0 unspecified atom stereocenters. The minimum Gasteiger partial charge on any atom is -0.343 e. The number of para-hydroxylation sites is 1. The predicted molar refractivity (Wildman–Crippen MR) is 156 cm³/mol. The third-order valence-electron chi connectivity index (χ3n) is 8.46. The minimum absolute atomic E-state index is 0.0211. The number of piperidine rings is 1. The van der Waals surface area contributed by atoms with E-state index in [1.54, 1.807) is 0 Å². The van der Waals surface area contributed by atoms with Gasteiger partial charge in [-0.15, -0.1) is 0 Å². The summed E-state index contributed by atoms with van der Waals surface area (Å²) in [6.07, 6.45) is 4.06. The molecule has 0 radical (unpaired) electrons. The van der Waals surface area contributed by atoms with Gasteiger partial charge in [0.15, 0.2) is 0 Å². The quantitative estimate of drug-likeness (QED) is 0.391. The molecule has 2 N–H and O–H groups in total. The smallest absolute Gasteiger partial charge is 0.251 e. The summed E-state index contributed by atoms with van der Waals surface area (Å²) in [6.45, 7) is 8.73. The summed E-state index contributed by atoms with van der Waals surface area (Å²) in [5.74, 6) is -0.216. The lowest BCUT2D eigenvalue weighted by Crippen LogP contribution is -2.43. The van der Waals surface area contributed by atoms with Crippen molar-refractivity contribution in [3.63, 3.8) is 0 Å². The Balaban J connectivity index is 1.18. The van der Waals surface area contributed by atoms with E-state index in [0.717, 1.165) is 51.3 Å². The van der Waals surface area contributed by atoms with E-state index >= 15 is 0 Å². The second kappa shape index (κ2) is 10.2. The van der Waals surface area contributed by atoms with Crippen LogP contribution in [0.2, 0.25) is 0 Å². The van der Waals surface area contributed by atoms with Crippen molar-refractivity contribution in [1.82, 2.24) is 25.0 Å². The van der Waals surface area contributed by atoms with Crippen LogP contribution in [0.5, 0.6) is 0 Å². The third-order valence-corrected chi connectivity index (χ3v) is 8.46. The number of aromatic nitrogens is 3. The number of hydrogen-bond donors (Lipinski definition) is 2. The molecule has 0 bridgehead atoms. The second-order valence-corrected chi connectivity index (χ2v) is 12.7. The first-order valence-electron chi connectivity index (χ1n) is 14.3. The number of rotatable bonds is 4. The van der Waals surface area contributed by atoms with Crippen molar-refractivity contribution in [3.05, 3.63) is 75.7 Å². The Morgan fingerprint density at radius 2 is 1.82 bits per heavy atom. The van der Waals surface area contributed by atoms with Crippen LogP contribution < -0.4 is 5.56 Å². The van der Waals surface area contributed by atoms with Crippen LogP contribution in [0.25, 0.3) is 21.8 Å². The van der Waals surface area contributed by atoms with Crippen molar-refractivity contribution >= 4 is 33.6 Å². The van der Waals surface area contributed by atoms with Crippen LogP contribution in [0.3, 0.4) is 0 Å². The van der Waals surface area contributed by atoms with E-state index in [-0.39, 0.29) is 35.1 Å². The lowest BCUT2D eigenvalue weighted by Gasteiger charge is -2.34. The number of nitrogens with zero attached hydrogens (tertiary/aromatic N) is 3. The van der Waals surface area contributed by atoms with Crippen LogP contribution in [-0.2, 0) is 22.6 Å². The maximum Gasteiger partial charge on any atom is 0.251 e. The normalized spacial score (nSPS) is 18.8. The molecule has 2 aromatic carbocycles. The van der Waals surface area contributed by atoms with Gasteiger partial charge in [0.1, 0.15) is 0 Å². The molecule has 0 spiro atoms. The van der Waals surface area contributed by atoms with Crippen LogP contribution in [0.15, 0.2) is 53.5 Å². The van der Waals surface area contributed by atoms with E-state index in [9.17, 15) is 14.4 Å². The Hall–Kier alpha value is -3.94. The molecule has 0 saturated carbocycles. The summed E-state index contributed by atoms with van der Waals surface area (Å²) < 4.78 is 0. The number of fused-ring (bicyclic) bond motifs is 4. The molecule has 1 saturated heterocycles. The van der Waals surface area contributed by atoms with Crippen molar-refractivity contribution in [2.24, 2.45) is 11.3 Å². The fourth-order valence-electron chi connectivity index (χ4n) is 6.49. The second-order valence-electron chi connectivity index (χ2n) is 12.7. The van der Waals surface area contributed by atoms with Crippen molar-refractivity contribution in [2.75, 3.05) is 19.6 Å². The number of pyridine rings is 1. The first-order chi connectivity index (χ1) is 19.2. The van der Waals surface area contributed by atoms with Crippen LogP contribution in [-0.4, -0.2) is 56.4 Å². The summed E-state index contributed by atoms with van der Waals surface area (Å²) in [5.41, 5.74) is 4.73. The number of nitrogens with one attached hydrogen (secondary N) is 2. The van der Waals surface area contributed by atoms with Crippen molar-refractivity contribution in [3.8, 4) is 0 Å². The fraction of sp³-hybridized carbons (Fsp3) is 0.438. The molecule has 6 rings (SSSR count). The summed E-state index contributed by atoms with van der Waals surface area (Å²) in [7, 11) is 0. The largest absolute Gasteiger partial charge is 0.343 e. The zero-order chi connectivity index (χ0) is 28.0. The molecule has 8 heteroatoms. The number of hydrogen-bond acceptors (Lipinski definition) is 4. The Morgan fingerprint density at radius 1 is 1.05 bits per heavy atom. The monoisotopic (exact) mass is 539 g/mol. The SMILES string of the molecule is CC(C)(C)CN1Cc2c(ccc3[nH]ncc23)C[C@@H](CC(=O)N2CCC(c3cc4ccccc4[nH]c3=O)CC2)C1=O. The molecular weight excluding hydrogens is 502 g/mol. The lowest BCUT2D eigenvalue weighted by molar-refractivity contribution is -0.142. The zero-order valence-corrected chi connectivity index (χ0v) is 23.5. The highest BCUT2D eigenvalue weighted by Gasteiger charge is 2.35. The van der Waals surface area contributed by atoms with E-state index in [1.165, 1.54) is 0 Å². The number of amides is 2. The minimum atomic E-state index is -0.401. The van der Waals surface area contributed by atoms with Gasteiger partial charge in [-0.3, -0.25) is 19.5 Å². The third kappa shape index (κ3) is 5.15. The van der Waals surface area contributed by atoms with Crippen molar-refractivity contribution in [2.45, 2.75) is 58.9 Å². The molecule has 208 valence electrons. The molecule has 4 heterocycles. The van der Waals surface area contributed by atoms with E-state index in [0.29, 0.717) is 32.6 Å². The van der Waals surface area contributed by atoms with Crippen molar-refractivity contribution in [1.29, 1.82) is 0 Å². The van der Waals surface area contributed by atoms with Gasteiger partial charge < -0.3 is 14.8 Å². The summed E-state index contributed by atoms with van der Waals surface area (Å²) in [5, 5.41) is 9.33. The number of carbonyl (C=O) groups excluding carboxylic acids is 2. The maximum absolute atomic E-state index is 13.9. The van der Waals surface area contributed by atoms with Gasteiger partial charge in [-0.05, 0) is 65.3 Å².